The second-order valence-corrected chi connectivity index (χ2v) is 6.36. The number of thiocyanates is 1. The van der Waals surface area contributed by atoms with Crippen molar-refractivity contribution in [3.05, 3.63) is 36.0 Å². The van der Waals surface area contributed by atoms with E-state index in [0.717, 1.165) is 35.2 Å². The number of benzene rings is 1. The molecule has 0 bridgehead atoms. The van der Waals surface area contributed by atoms with Gasteiger partial charge in [-0.3, -0.25) is 4.79 Å². The van der Waals surface area contributed by atoms with Gasteiger partial charge in [0.05, 0.1) is 0 Å². The molecule has 0 aliphatic carbocycles. The molecule has 2 rings (SSSR count). The molecule has 1 amide bonds. The van der Waals surface area contributed by atoms with Crippen LogP contribution in [-0.4, -0.2) is 23.9 Å². The Balaban J connectivity index is 2.00. The first kappa shape index (κ1) is 16.9. The van der Waals surface area contributed by atoms with Gasteiger partial charge in [0.15, 0.2) is 0 Å². The van der Waals surface area contributed by atoms with Crippen LogP contribution in [0.5, 0.6) is 0 Å². The van der Waals surface area contributed by atoms with E-state index in [0.29, 0.717) is 19.0 Å². The molecule has 5 nitrogen and oxygen atoms in total. The molecular formula is C17H18N4OS. The third kappa shape index (κ3) is 4.77. The predicted molar refractivity (Wildman–Crippen MR) is 90.2 cm³/mol. The summed E-state index contributed by atoms with van der Waals surface area (Å²) in [5.41, 5.74) is 0.870. The first-order chi connectivity index (χ1) is 11.1. The lowest BCUT2D eigenvalue weighted by molar-refractivity contribution is -0.128. The van der Waals surface area contributed by atoms with E-state index in [1.54, 1.807) is 17.0 Å². The van der Waals surface area contributed by atoms with E-state index in [1.165, 1.54) is 6.20 Å². The maximum absolute atomic E-state index is 12.4. The zero-order valence-electron chi connectivity index (χ0n) is 13.0. The Bertz CT molecular complexity index is 661. The van der Waals surface area contributed by atoms with Gasteiger partial charge in [0.2, 0.25) is 0 Å². The number of anilines is 1. The molecule has 118 valence electrons. The van der Waals surface area contributed by atoms with Crippen LogP contribution in [0.3, 0.4) is 0 Å². The highest BCUT2D eigenvalue weighted by Crippen LogP contribution is 2.20. The minimum atomic E-state index is -0.219. The number of hydrogen-bond acceptors (Lipinski definition) is 5. The van der Waals surface area contributed by atoms with Gasteiger partial charge in [0.1, 0.15) is 17.0 Å². The van der Waals surface area contributed by atoms with Crippen molar-refractivity contribution < 1.29 is 4.79 Å². The molecule has 1 aliphatic rings. The van der Waals surface area contributed by atoms with Crippen molar-refractivity contribution >= 4 is 23.4 Å². The van der Waals surface area contributed by atoms with Crippen LogP contribution >= 0.6 is 11.8 Å². The van der Waals surface area contributed by atoms with Gasteiger partial charge in [0, 0.05) is 29.9 Å². The van der Waals surface area contributed by atoms with E-state index >= 15 is 0 Å². The number of nitriles is 2. The van der Waals surface area contributed by atoms with Crippen molar-refractivity contribution in [3.8, 4) is 11.5 Å². The molecule has 0 aromatic heterocycles. The molecule has 1 heterocycles. The van der Waals surface area contributed by atoms with Gasteiger partial charge in [-0.15, -0.1) is 0 Å². The molecular weight excluding hydrogens is 308 g/mol. The summed E-state index contributed by atoms with van der Waals surface area (Å²) in [7, 11) is 0. The highest BCUT2D eigenvalue weighted by Gasteiger charge is 2.22. The van der Waals surface area contributed by atoms with Crippen LogP contribution in [0.4, 0.5) is 5.69 Å². The summed E-state index contributed by atoms with van der Waals surface area (Å²) in [6.45, 7) is 3.59. The Morgan fingerprint density at radius 3 is 2.52 bits per heavy atom. The predicted octanol–water partition coefficient (Wildman–Crippen LogP) is 3.34. The number of thioether (sulfide) groups is 1. The highest BCUT2D eigenvalue weighted by atomic mass is 32.2. The molecule has 0 spiro atoms. The average molecular weight is 326 g/mol. The monoisotopic (exact) mass is 326 g/mol. The van der Waals surface area contributed by atoms with Crippen molar-refractivity contribution in [1.82, 2.24) is 4.90 Å². The zero-order chi connectivity index (χ0) is 16.7. The average Bonchev–Trinajstić information content (AvgIpc) is 2.57. The van der Waals surface area contributed by atoms with Crippen molar-refractivity contribution in [2.75, 3.05) is 18.4 Å². The zero-order valence-corrected chi connectivity index (χ0v) is 13.8. The summed E-state index contributed by atoms with van der Waals surface area (Å²) in [6.07, 6.45) is 3.42. The highest BCUT2D eigenvalue weighted by molar-refractivity contribution is 8.03. The van der Waals surface area contributed by atoms with E-state index in [1.807, 2.05) is 23.6 Å². The minimum absolute atomic E-state index is 0.107. The van der Waals surface area contributed by atoms with Gasteiger partial charge in [0.25, 0.3) is 5.91 Å². The van der Waals surface area contributed by atoms with E-state index in [4.69, 9.17) is 5.26 Å². The molecule has 1 aromatic carbocycles. The molecule has 0 saturated carbocycles. The lowest BCUT2D eigenvalue weighted by Crippen LogP contribution is -2.38. The fourth-order valence-electron chi connectivity index (χ4n) is 2.35. The molecule has 0 atom stereocenters. The van der Waals surface area contributed by atoms with Crippen molar-refractivity contribution in [3.63, 3.8) is 0 Å². The third-order valence-electron chi connectivity index (χ3n) is 3.82. The van der Waals surface area contributed by atoms with Crippen molar-refractivity contribution in [2.24, 2.45) is 5.92 Å². The summed E-state index contributed by atoms with van der Waals surface area (Å²) in [5.74, 6) is 0.417. The Kier molecular flexibility index (Phi) is 6.08. The Hall–Kier alpha value is -2.44. The number of nitrogens with one attached hydrogen (secondary N) is 1. The number of nitrogens with zero attached hydrogens (tertiary/aromatic N) is 3. The summed E-state index contributed by atoms with van der Waals surface area (Å²) in [4.78, 5) is 14.9. The molecule has 1 aliphatic heterocycles. The maximum atomic E-state index is 12.4. The number of likely N-dealkylation sites (tertiary alicyclic amines) is 1. The number of piperidine rings is 1. The van der Waals surface area contributed by atoms with Gasteiger partial charge < -0.3 is 10.2 Å². The number of rotatable bonds is 4. The fraction of sp³-hybridized carbons (Fsp3) is 0.353. The number of carbonyl (C=O) groups is 1. The summed E-state index contributed by atoms with van der Waals surface area (Å²) >= 11 is 1.09. The van der Waals surface area contributed by atoms with E-state index in [2.05, 4.69) is 12.2 Å². The van der Waals surface area contributed by atoms with Crippen LogP contribution < -0.4 is 5.32 Å². The number of hydrogen-bond donors (Lipinski definition) is 1. The van der Waals surface area contributed by atoms with Crippen LogP contribution in [0.2, 0.25) is 0 Å². The van der Waals surface area contributed by atoms with Gasteiger partial charge in [-0.2, -0.15) is 10.5 Å². The SMILES string of the molecule is CC1CCN(C(=O)/C(C#N)=C\Nc2ccc(SC#N)cc2)CC1. The minimum Gasteiger partial charge on any atom is -0.360 e. The van der Waals surface area contributed by atoms with E-state index in [9.17, 15) is 10.1 Å². The Labute approximate surface area is 140 Å². The standard InChI is InChI=1S/C17H18N4OS/c1-13-6-8-21(9-7-13)17(22)14(10-18)11-20-15-2-4-16(5-3-15)23-12-19/h2-5,11,13,20H,6-9H2,1H3/b14-11-. The third-order valence-corrected chi connectivity index (χ3v) is 4.42. The van der Waals surface area contributed by atoms with E-state index < -0.39 is 0 Å². The summed E-state index contributed by atoms with van der Waals surface area (Å²) in [5, 5.41) is 22.8. The second kappa shape index (κ2) is 8.26. The van der Waals surface area contributed by atoms with Crippen LogP contribution in [0.25, 0.3) is 0 Å². The Morgan fingerprint density at radius 2 is 1.96 bits per heavy atom. The molecule has 1 fully saturated rings. The first-order valence-corrected chi connectivity index (χ1v) is 8.27. The van der Waals surface area contributed by atoms with Crippen LogP contribution in [0, 0.1) is 27.9 Å². The van der Waals surface area contributed by atoms with Crippen molar-refractivity contribution in [1.29, 1.82) is 10.5 Å². The largest absolute Gasteiger partial charge is 0.360 e. The first-order valence-electron chi connectivity index (χ1n) is 7.46. The maximum Gasteiger partial charge on any atom is 0.266 e. The quantitative estimate of drug-likeness (QED) is 0.397. The molecule has 1 N–H and O–H groups in total. The van der Waals surface area contributed by atoms with Gasteiger partial charge in [-0.25, -0.2) is 0 Å². The van der Waals surface area contributed by atoms with Crippen molar-refractivity contribution in [2.45, 2.75) is 24.7 Å². The molecule has 23 heavy (non-hydrogen) atoms. The molecule has 1 saturated heterocycles. The Morgan fingerprint density at radius 1 is 1.30 bits per heavy atom. The fourth-order valence-corrected chi connectivity index (χ4v) is 2.73. The summed E-state index contributed by atoms with van der Waals surface area (Å²) in [6, 6.07) is 9.20. The topological polar surface area (TPSA) is 79.9 Å². The van der Waals surface area contributed by atoms with E-state index in [-0.39, 0.29) is 11.5 Å². The number of carbonyl (C=O) groups excluding carboxylic acids is 1. The van der Waals surface area contributed by atoms with Gasteiger partial charge >= 0.3 is 0 Å². The lowest BCUT2D eigenvalue weighted by Gasteiger charge is -2.30. The molecule has 0 radical (unpaired) electrons. The van der Waals surface area contributed by atoms with Crippen LogP contribution in [0.15, 0.2) is 40.9 Å². The molecule has 1 aromatic rings. The molecule has 6 heteroatoms. The summed E-state index contributed by atoms with van der Waals surface area (Å²) < 4.78 is 0. The molecule has 0 unspecified atom stereocenters. The smallest absolute Gasteiger partial charge is 0.266 e. The lowest BCUT2D eigenvalue weighted by atomic mass is 9.99. The number of amides is 1. The van der Waals surface area contributed by atoms with Gasteiger partial charge in [-0.1, -0.05) is 6.92 Å². The normalized spacial score (nSPS) is 15.6. The van der Waals surface area contributed by atoms with Crippen LogP contribution in [-0.2, 0) is 4.79 Å². The second-order valence-electron chi connectivity index (χ2n) is 5.51. The van der Waals surface area contributed by atoms with Crippen LogP contribution in [0.1, 0.15) is 19.8 Å². The van der Waals surface area contributed by atoms with Gasteiger partial charge in [-0.05, 0) is 54.8 Å².